The molecule has 2 N–H and O–H groups in total. The number of ether oxygens (including phenoxy) is 1. The number of rotatable bonds is 4. The molecule has 3 rings (SSSR count). The van der Waals surface area contributed by atoms with Crippen LogP contribution in [0.1, 0.15) is 40.5 Å². The van der Waals surface area contributed by atoms with Crippen molar-refractivity contribution in [3.63, 3.8) is 0 Å². The highest BCUT2D eigenvalue weighted by Crippen LogP contribution is 2.23. The van der Waals surface area contributed by atoms with Crippen molar-refractivity contribution in [3.8, 4) is 0 Å². The number of carbonyl (C=O) groups is 1. The van der Waals surface area contributed by atoms with E-state index in [-0.39, 0.29) is 6.04 Å². The van der Waals surface area contributed by atoms with Gasteiger partial charge in [0.1, 0.15) is 5.60 Å². The minimum atomic E-state index is -0.565. The van der Waals surface area contributed by atoms with Gasteiger partial charge in [0.05, 0.1) is 0 Å². The Kier molecular flexibility index (Phi) is 6.04. The Morgan fingerprint density at radius 3 is 2.77 bits per heavy atom. The Morgan fingerprint density at radius 2 is 2.10 bits per heavy atom. The zero-order chi connectivity index (χ0) is 22.1. The molecule has 0 radical (unpaired) electrons. The number of aromatic nitrogens is 4. The minimum absolute atomic E-state index is 0.106. The van der Waals surface area contributed by atoms with E-state index in [1.165, 1.54) is 4.57 Å². The molecule has 164 valence electrons. The summed E-state index contributed by atoms with van der Waals surface area (Å²) in [5.41, 5.74) is -0.836. The van der Waals surface area contributed by atoms with Crippen molar-refractivity contribution in [2.45, 2.75) is 58.7 Å². The lowest BCUT2D eigenvalue weighted by Crippen LogP contribution is -2.49. The normalized spacial score (nSPS) is 17.6. The van der Waals surface area contributed by atoms with Crippen molar-refractivity contribution in [1.82, 2.24) is 24.4 Å². The van der Waals surface area contributed by atoms with Crippen LogP contribution in [0.25, 0.3) is 11.2 Å². The monoisotopic (exact) mass is 418 g/mol. The summed E-state index contributed by atoms with van der Waals surface area (Å²) in [6.07, 6.45) is 5.05. The molecule has 0 spiro atoms. The maximum absolute atomic E-state index is 12.5. The van der Waals surface area contributed by atoms with Crippen LogP contribution in [0.5, 0.6) is 0 Å². The average molecular weight is 418 g/mol. The second kappa shape index (κ2) is 8.37. The van der Waals surface area contributed by atoms with E-state index >= 15 is 0 Å². The molecule has 1 atom stereocenters. The van der Waals surface area contributed by atoms with Gasteiger partial charge in [0.25, 0.3) is 5.56 Å². The van der Waals surface area contributed by atoms with E-state index in [1.807, 2.05) is 49.3 Å². The van der Waals surface area contributed by atoms with Gasteiger partial charge in [-0.2, -0.15) is 4.98 Å². The third-order valence-electron chi connectivity index (χ3n) is 4.94. The molecule has 0 aromatic carbocycles. The van der Waals surface area contributed by atoms with Crippen molar-refractivity contribution in [3.05, 3.63) is 33.0 Å². The number of amides is 1. The third-order valence-corrected chi connectivity index (χ3v) is 4.94. The van der Waals surface area contributed by atoms with Crippen molar-refractivity contribution < 1.29 is 9.53 Å². The quantitative estimate of drug-likeness (QED) is 0.727. The SMILES string of the molecule is CC=CCn1c(N2CCC[C@@H](NC(=O)OC(C)(C)C)C2)nc2c1c(=O)[nH]c(=O)n2C. The molecule has 10 heteroatoms. The average Bonchev–Trinajstić information content (AvgIpc) is 3.03. The molecule has 1 saturated heterocycles. The van der Waals surface area contributed by atoms with E-state index in [0.29, 0.717) is 30.2 Å². The number of carbonyl (C=O) groups excluding carboxylic acids is 1. The van der Waals surface area contributed by atoms with Gasteiger partial charge in [0, 0.05) is 32.7 Å². The number of hydrogen-bond donors (Lipinski definition) is 2. The number of piperidine rings is 1. The summed E-state index contributed by atoms with van der Waals surface area (Å²) in [6.45, 7) is 9.09. The number of aryl methyl sites for hydroxylation is 1. The molecule has 0 saturated carbocycles. The van der Waals surface area contributed by atoms with Gasteiger partial charge >= 0.3 is 11.8 Å². The van der Waals surface area contributed by atoms with Gasteiger partial charge in [0.15, 0.2) is 11.2 Å². The number of anilines is 1. The fourth-order valence-electron chi connectivity index (χ4n) is 3.60. The predicted molar refractivity (Wildman–Crippen MR) is 115 cm³/mol. The minimum Gasteiger partial charge on any atom is -0.444 e. The molecule has 1 aliphatic heterocycles. The van der Waals surface area contributed by atoms with Crippen LogP contribution in [0.3, 0.4) is 0 Å². The maximum Gasteiger partial charge on any atom is 0.407 e. The van der Waals surface area contributed by atoms with Gasteiger partial charge in [-0.3, -0.25) is 14.3 Å². The van der Waals surface area contributed by atoms with Crippen LogP contribution >= 0.6 is 0 Å². The third kappa shape index (κ3) is 4.58. The molecule has 0 aliphatic carbocycles. The van der Waals surface area contributed by atoms with Crippen LogP contribution in [0.15, 0.2) is 21.7 Å². The first kappa shape index (κ1) is 21.7. The summed E-state index contributed by atoms with van der Waals surface area (Å²) in [4.78, 5) is 45.8. The highest BCUT2D eigenvalue weighted by molar-refractivity contribution is 5.74. The Balaban J connectivity index is 1.94. The summed E-state index contributed by atoms with van der Waals surface area (Å²) in [5.74, 6) is 0.602. The van der Waals surface area contributed by atoms with Gasteiger partial charge in [-0.1, -0.05) is 12.2 Å². The summed E-state index contributed by atoms with van der Waals surface area (Å²) >= 11 is 0. The van der Waals surface area contributed by atoms with Crippen LogP contribution in [0.2, 0.25) is 0 Å². The van der Waals surface area contributed by atoms with E-state index in [1.54, 1.807) is 7.05 Å². The van der Waals surface area contributed by atoms with Crippen molar-refractivity contribution in [1.29, 1.82) is 0 Å². The summed E-state index contributed by atoms with van der Waals surface area (Å²) in [7, 11) is 1.58. The lowest BCUT2D eigenvalue weighted by molar-refractivity contribution is 0.0500. The number of imidazole rings is 1. The highest BCUT2D eigenvalue weighted by atomic mass is 16.6. The first-order valence-electron chi connectivity index (χ1n) is 10.2. The molecule has 1 aliphatic rings. The number of H-pyrrole nitrogens is 1. The summed E-state index contributed by atoms with van der Waals surface area (Å²) in [6, 6.07) is -0.106. The molecule has 2 aromatic rings. The number of nitrogens with zero attached hydrogens (tertiary/aromatic N) is 4. The van der Waals surface area contributed by atoms with Gasteiger partial charge in [0.2, 0.25) is 5.95 Å². The zero-order valence-corrected chi connectivity index (χ0v) is 18.2. The Morgan fingerprint density at radius 1 is 1.37 bits per heavy atom. The van der Waals surface area contributed by atoms with E-state index in [2.05, 4.69) is 15.3 Å². The van der Waals surface area contributed by atoms with Crippen molar-refractivity contribution >= 4 is 23.2 Å². The second-order valence-corrected chi connectivity index (χ2v) is 8.51. The molecule has 1 fully saturated rings. The Hall–Kier alpha value is -3.04. The van der Waals surface area contributed by atoms with E-state index in [0.717, 1.165) is 19.4 Å². The predicted octanol–water partition coefficient (Wildman–Crippen LogP) is 1.49. The Labute approximate surface area is 174 Å². The van der Waals surface area contributed by atoms with Gasteiger partial charge in [-0.15, -0.1) is 0 Å². The molecular weight excluding hydrogens is 388 g/mol. The number of alkyl carbamates (subject to hydrolysis) is 1. The lowest BCUT2D eigenvalue weighted by atomic mass is 10.1. The van der Waals surface area contributed by atoms with Crippen molar-refractivity contribution in [2.75, 3.05) is 18.0 Å². The van der Waals surface area contributed by atoms with E-state index in [4.69, 9.17) is 4.74 Å². The molecule has 3 heterocycles. The number of hydrogen-bond acceptors (Lipinski definition) is 6. The molecule has 30 heavy (non-hydrogen) atoms. The number of nitrogens with one attached hydrogen (secondary N) is 2. The Bertz CT molecular complexity index is 1070. The van der Waals surface area contributed by atoms with Crippen LogP contribution < -0.4 is 21.5 Å². The zero-order valence-electron chi connectivity index (χ0n) is 18.2. The van der Waals surface area contributed by atoms with Crippen LogP contribution in [-0.2, 0) is 18.3 Å². The molecular formula is C20H30N6O4. The number of aromatic amines is 1. The fraction of sp³-hybridized carbons (Fsp3) is 0.600. The summed E-state index contributed by atoms with van der Waals surface area (Å²) in [5, 5.41) is 2.93. The smallest absolute Gasteiger partial charge is 0.407 e. The maximum atomic E-state index is 12.5. The first-order valence-corrected chi connectivity index (χ1v) is 10.2. The summed E-state index contributed by atoms with van der Waals surface area (Å²) < 4.78 is 8.52. The molecule has 10 nitrogen and oxygen atoms in total. The second-order valence-electron chi connectivity index (χ2n) is 8.51. The highest BCUT2D eigenvalue weighted by Gasteiger charge is 2.28. The molecule has 2 aromatic heterocycles. The van der Waals surface area contributed by atoms with Gasteiger partial charge < -0.3 is 19.5 Å². The molecule has 0 bridgehead atoms. The fourth-order valence-corrected chi connectivity index (χ4v) is 3.60. The van der Waals surface area contributed by atoms with Crippen molar-refractivity contribution in [2.24, 2.45) is 7.05 Å². The standard InChI is InChI=1S/C20H30N6O4/c1-6-7-11-26-14-15(24(5)18(28)23-16(14)27)22-17(26)25-10-8-9-13(12-25)21-19(29)30-20(2,3)4/h6-7,13H,8-12H2,1-5H3,(H,21,29)(H,23,27,28)/t13-/m1/s1. The van der Waals surface area contributed by atoms with Crippen LogP contribution in [0, 0.1) is 0 Å². The van der Waals surface area contributed by atoms with Gasteiger partial charge in [-0.05, 0) is 40.5 Å². The van der Waals surface area contributed by atoms with E-state index in [9.17, 15) is 14.4 Å². The van der Waals surface area contributed by atoms with E-state index < -0.39 is 22.9 Å². The van der Waals surface area contributed by atoms with Crippen LogP contribution in [-0.4, -0.2) is 49.9 Å². The largest absolute Gasteiger partial charge is 0.444 e. The van der Waals surface area contributed by atoms with Crippen LogP contribution in [0.4, 0.5) is 10.7 Å². The number of allylic oxidation sites excluding steroid dienone is 2. The lowest BCUT2D eigenvalue weighted by Gasteiger charge is -2.34. The first-order chi connectivity index (χ1) is 14.1. The molecule has 1 amide bonds. The topological polar surface area (TPSA) is 114 Å². The number of fused-ring (bicyclic) bond motifs is 1. The van der Waals surface area contributed by atoms with Gasteiger partial charge in [-0.25, -0.2) is 9.59 Å². The molecule has 0 unspecified atom stereocenters.